The molecule has 2 aliphatic heterocycles. The van der Waals surface area contributed by atoms with Gasteiger partial charge in [-0.25, -0.2) is 0 Å². The Morgan fingerprint density at radius 2 is 1.77 bits per heavy atom. The Labute approximate surface area is 229 Å². The number of benzene rings is 1. The first-order chi connectivity index (χ1) is 18.6. The van der Waals surface area contributed by atoms with Crippen molar-refractivity contribution in [2.75, 3.05) is 33.3 Å². The molecule has 1 aliphatic carbocycles. The Morgan fingerprint density at radius 1 is 1.05 bits per heavy atom. The zero-order chi connectivity index (χ0) is 28.4. The van der Waals surface area contributed by atoms with Crippen LogP contribution in [0.2, 0.25) is 0 Å². The van der Waals surface area contributed by atoms with Crippen molar-refractivity contribution in [3.05, 3.63) is 29.8 Å². The largest absolute Gasteiger partial charge is 0.484 e. The van der Waals surface area contributed by atoms with Gasteiger partial charge in [0.25, 0.3) is 5.91 Å². The second-order valence-corrected chi connectivity index (χ2v) is 10.7. The lowest BCUT2D eigenvalue weighted by atomic mass is 10.0. The van der Waals surface area contributed by atoms with Gasteiger partial charge in [0.2, 0.25) is 23.6 Å². The fourth-order valence-electron chi connectivity index (χ4n) is 4.28. The van der Waals surface area contributed by atoms with E-state index in [2.05, 4.69) is 21.3 Å². The molecule has 4 N–H and O–H groups in total. The SMILES string of the molecule is CC(C)C[C@@H]1NC(=O)CCCNC(=O)[C@@H](NC(=O)C2CC2)Cc2ccc(cc2)OCC(=O)NCCN(C)C1=O. The monoisotopic (exact) mass is 543 g/mol. The van der Waals surface area contributed by atoms with Crippen LogP contribution >= 0.6 is 0 Å². The summed E-state index contributed by atoms with van der Waals surface area (Å²) in [7, 11) is 1.64. The number of hydrogen-bond acceptors (Lipinski definition) is 6. The molecule has 0 aromatic heterocycles. The van der Waals surface area contributed by atoms with Gasteiger partial charge in [-0.1, -0.05) is 26.0 Å². The van der Waals surface area contributed by atoms with Gasteiger partial charge < -0.3 is 30.9 Å². The maximum atomic E-state index is 13.0. The second-order valence-electron chi connectivity index (χ2n) is 10.7. The predicted molar refractivity (Wildman–Crippen MR) is 145 cm³/mol. The van der Waals surface area contributed by atoms with E-state index >= 15 is 0 Å². The maximum Gasteiger partial charge on any atom is 0.258 e. The smallest absolute Gasteiger partial charge is 0.258 e. The number of nitrogens with one attached hydrogen (secondary N) is 4. The average molecular weight is 544 g/mol. The standard InChI is InChI=1S/C28H41N5O6/c1-18(2)15-23-28(38)33(3)14-13-29-25(35)17-39-21-10-6-19(7-11-21)16-22(32-26(36)20-8-9-20)27(37)30-12-4-5-24(34)31-23/h6-7,10-11,18,20,22-23H,4-5,8-9,12-17H2,1-3H3,(H,29,35)(H,30,37)(H,31,34)(H,32,36)/t22-,23-/m0/s1. The first-order valence-corrected chi connectivity index (χ1v) is 13.7. The summed E-state index contributed by atoms with van der Waals surface area (Å²) in [6.07, 6.45) is 2.95. The molecule has 4 rings (SSSR count). The van der Waals surface area contributed by atoms with Crippen molar-refractivity contribution in [3.63, 3.8) is 0 Å². The van der Waals surface area contributed by atoms with E-state index in [-0.39, 0.29) is 80.5 Å². The molecule has 1 saturated carbocycles. The third kappa shape index (κ3) is 10.2. The van der Waals surface area contributed by atoms with Crippen molar-refractivity contribution in [2.45, 2.75) is 64.5 Å². The van der Waals surface area contributed by atoms with E-state index in [4.69, 9.17) is 4.74 Å². The molecule has 2 atom stereocenters. The molecule has 5 amide bonds. The van der Waals surface area contributed by atoms with E-state index in [0.29, 0.717) is 18.6 Å². The molecule has 214 valence electrons. The summed E-state index contributed by atoms with van der Waals surface area (Å²) in [4.78, 5) is 64.8. The molecule has 1 aromatic rings. The number of carbonyl (C=O) groups excluding carboxylic acids is 5. The third-order valence-corrected chi connectivity index (χ3v) is 6.68. The summed E-state index contributed by atoms with van der Waals surface area (Å²) in [5, 5.41) is 11.3. The van der Waals surface area contributed by atoms with Gasteiger partial charge in [-0.2, -0.15) is 0 Å². The number of hydrogen-bond donors (Lipinski definition) is 4. The lowest BCUT2D eigenvalue weighted by Gasteiger charge is -2.26. The minimum Gasteiger partial charge on any atom is -0.484 e. The number of likely N-dealkylation sites (N-methyl/N-ethyl adjacent to an activating group) is 1. The highest BCUT2D eigenvalue weighted by Crippen LogP contribution is 2.29. The molecule has 2 bridgehead atoms. The van der Waals surface area contributed by atoms with Crippen LogP contribution in [0.25, 0.3) is 0 Å². The summed E-state index contributed by atoms with van der Waals surface area (Å²) in [5.74, 6) is -0.648. The van der Waals surface area contributed by atoms with E-state index in [1.54, 1.807) is 31.3 Å². The summed E-state index contributed by atoms with van der Waals surface area (Å²) < 4.78 is 5.57. The Bertz CT molecular complexity index is 1020. The molecule has 11 nitrogen and oxygen atoms in total. The summed E-state index contributed by atoms with van der Waals surface area (Å²) in [6, 6.07) is 5.57. The minimum absolute atomic E-state index is 0.0432. The Balaban J connectivity index is 1.71. The predicted octanol–water partition coefficient (Wildman–Crippen LogP) is 0.518. The molecule has 3 aliphatic rings. The van der Waals surface area contributed by atoms with Crippen molar-refractivity contribution in [1.82, 2.24) is 26.2 Å². The van der Waals surface area contributed by atoms with Crippen LogP contribution in [-0.2, 0) is 30.4 Å². The number of amides is 5. The number of ether oxygens (including phenoxy) is 1. The lowest BCUT2D eigenvalue weighted by molar-refractivity contribution is -0.136. The zero-order valence-corrected chi connectivity index (χ0v) is 23.1. The van der Waals surface area contributed by atoms with E-state index in [0.717, 1.165) is 18.4 Å². The van der Waals surface area contributed by atoms with Crippen LogP contribution in [0.15, 0.2) is 24.3 Å². The molecule has 0 spiro atoms. The minimum atomic E-state index is -0.758. The number of fused-ring (bicyclic) bond motifs is 19. The van der Waals surface area contributed by atoms with E-state index < -0.39 is 12.1 Å². The molecular formula is C28H41N5O6. The van der Waals surface area contributed by atoms with Gasteiger partial charge in [0.1, 0.15) is 17.8 Å². The van der Waals surface area contributed by atoms with Crippen molar-refractivity contribution in [3.8, 4) is 5.75 Å². The Kier molecular flexibility index (Phi) is 11.1. The van der Waals surface area contributed by atoms with Gasteiger partial charge in [-0.15, -0.1) is 0 Å². The molecular weight excluding hydrogens is 502 g/mol. The van der Waals surface area contributed by atoms with Crippen molar-refractivity contribution in [2.24, 2.45) is 11.8 Å². The van der Waals surface area contributed by atoms with Crippen molar-refractivity contribution >= 4 is 29.5 Å². The van der Waals surface area contributed by atoms with Gasteiger partial charge in [-0.3, -0.25) is 24.0 Å². The van der Waals surface area contributed by atoms with Crippen LogP contribution in [0.5, 0.6) is 5.75 Å². The van der Waals surface area contributed by atoms with Crippen LogP contribution in [0, 0.1) is 11.8 Å². The summed E-state index contributed by atoms with van der Waals surface area (Å²) in [6.45, 7) is 4.56. The van der Waals surface area contributed by atoms with Crippen LogP contribution in [0.4, 0.5) is 0 Å². The molecule has 1 fully saturated rings. The Morgan fingerprint density at radius 3 is 2.44 bits per heavy atom. The van der Waals surface area contributed by atoms with Gasteiger partial charge in [0.15, 0.2) is 6.61 Å². The van der Waals surface area contributed by atoms with Crippen LogP contribution in [0.3, 0.4) is 0 Å². The highest BCUT2D eigenvalue weighted by molar-refractivity contribution is 5.90. The van der Waals surface area contributed by atoms with Crippen molar-refractivity contribution < 1.29 is 28.7 Å². The number of rotatable bonds is 4. The quantitative estimate of drug-likeness (QED) is 0.408. The normalized spacial score (nSPS) is 22.6. The molecule has 39 heavy (non-hydrogen) atoms. The molecule has 0 radical (unpaired) electrons. The molecule has 1 aromatic carbocycles. The zero-order valence-electron chi connectivity index (χ0n) is 23.1. The molecule has 11 heteroatoms. The van der Waals surface area contributed by atoms with Gasteiger partial charge in [0, 0.05) is 45.4 Å². The lowest BCUT2D eigenvalue weighted by Crippen LogP contribution is -2.50. The van der Waals surface area contributed by atoms with Gasteiger partial charge in [-0.05, 0) is 49.3 Å². The Hall–Kier alpha value is -3.63. The topological polar surface area (TPSA) is 146 Å². The molecule has 0 saturated heterocycles. The van der Waals surface area contributed by atoms with Gasteiger partial charge >= 0.3 is 0 Å². The first-order valence-electron chi connectivity index (χ1n) is 13.7. The second kappa shape index (κ2) is 14.5. The summed E-state index contributed by atoms with van der Waals surface area (Å²) >= 11 is 0. The van der Waals surface area contributed by atoms with Crippen LogP contribution in [-0.4, -0.2) is 79.8 Å². The molecule has 0 unspecified atom stereocenters. The first kappa shape index (κ1) is 29.9. The molecule has 2 heterocycles. The third-order valence-electron chi connectivity index (χ3n) is 6.68. The van der Waals surface area contributed by atoms with Gasteiger partial charge in [0.05, 0.1) is 0 Å². The fourth-order valence-corrected chi connectivity index (χ4v) is 4.28. The number of carbonyl (C=O) groups is 5. The highest BCUT2D eigenvalue weighted by Gasteiger charge is 2.32. The fraction of sp³-hybridized carbons (Fsp3) is 0.607. The highest BCUT2D eigenvalue weighted by atomic mass is 16.5. The maximum absolute atomic E-state index is 13.0. The van der Waals surface area contributed by atoms with Crippen LogP contribution < -0.4 is 26.0 Å². The van der Waals surface area contributed by atoms with Crippen molar-refractivity contribution in [1.29, 1.82) is 0 Å². The average Bonchev–Trinajstić information content (AvgIpc) is 3.74. The summed E-state index contributed by atoms with van der Waals surface area (Å²) in [5.41, 5.74) is 0.827. The van der Waals surface area contributed by atoms with E-state index in [1.807, 2.05) is 13.8 Å². The van der Waals surface area contributed by atoms with Crippen LogP contribution in [0.1, 0.15) is 51.5 Å². The van der Waals surface area contributed by atoms with E-state index in [9.17, 15) is 24.0 Å². The van der Waals surface area contributed by atoms with E-state index in [1.165, 1.54) is 4.90 Å². The number of nitrogens with zero attached hydrogens (tertiary/aromatic N) is 1.